The zero-order valence-corrected chi connectivity index (χ0v) is 7.13. The first kappa shape index (κ1) is 8.92. The van der Waals surface area contributed by atoms with Gasteiger partial charge in [0, 0.05) is 17.1 Å². The maximum absolute atomic E-state index is 10.7. The Morgan fingerprint density at radius 3 is 2.92 bits per heavy atom. The second-order valence-electron chi connectivity index (χ2n) is 2.15. The molecule has 1 aromatic heterocycles. The fourth-order valence-corrected chi connectivity index (χ4v) is 1.13. The van der Waals surface area contributed by atoms with E-state index in [0.717, 1.165) is 6.26 Å². The quantitative estimate of drug-likeness (QED) is 0.737. The number of carboxylic acid groups (broad SMARTS) is 1. The Balaban J connectivity index is 2.77. The molecule has 0 aliphatic rings. The molecule has 0 fully saturated rings. The van der Waals surface area contributed by atoms with Gasteiger partial charge in [-0.25, -0.2) is 9.78 Å². The molecule has 1 N–H and O–H groups in total. The minimum atomic E-state index is -1.15. The third kappa shape index (κ3) is 2.16. The van der Waals surface area contributed by atoms with E-state index in [1.54, 1.807) is 0 Å². The van der Waals surface area contributed by atoms with E-state index in [4.69, 9.17) is 9.52 Å². The van der Waals surface area contributed by atoms with Crippen LogP contribution >= 0.6 is 0 Å². The Morgan fingerprint density at radius 1 is 1.83 bits per heavy atom. The molecular formula is C6H7NO4S. The van der Waals surface area contributed by atoms with Crippen molar-refractivity contribution in [1.29, 1.82) is 0 Å². The number of hydrogen-bond acceptors (Lipinski definition) is 4. The summed E-state index contributed by atoms with van der Waals surface area (Å²) in [4.78, 5) is 13.9. The number of carbonyl (C=O) groups is 1. The molecule has 0 saturated heterocycles. The third-order valence-electron chi connectivity index (χ3n) is 1.10. The van der Waals surface area contributed by atoms with Crippen LogP contribution in [0.15, 0.2) is 10.7 Å². The van der Waals surface area contributed by atoms with Crippen LogP contribution in [-0.2, 0) is 16.6 Å². The van der Waals surface area contributed by atoms with E-state index in [9.17, 15) is 9.00 Å². The van der Waals surface area contributed by atoms with Gasteiger partial charge in [0.05, 0.1) is 5.75 Å². The standard InChI is InChI=1S/C6H7NO4S/c1-12(10)3-5-7-4(2-11-5)6(8)9/h2H,3H2,1H3,(H,8,9). The van der Waals surface area contributed by atoms with E-state index >= 15 is 0 Å². The van der Waals surface area contributed by atoms with Gasteiger partial charge < -0.3 is 9.52 Å². The fourth-order valence-electron chi connectivity index (χ4n) is 0.649. The maximum Gasteiger partial charge on any atom is 0.357 e. The van der Waals surface area contributed by atoms with Crippen molar-refractivity contribution in [3.8, 4) is 0 Å². The molecule has 0 bridgehead atoms. The fraction of sp³-hybridized carbons (Fsp3) is 0.333. The van der Waals surface area contributed by atoms with Crippen molar-refractivity contribution < 1.29 is 18.5 Å². The van der Waals surface area contributed by atoms with Crippen LogP contribution in [0.3, 0.4) is 0 Å². The van der Waals surface area contributed by atoms with Crippen molar-refractivity contribution in [2.75, 3.05) is 6.26 Å². The number of oxazole rings is 1. The zero-order chi connectivity index (χ0) is 9.14. The Hall–Kier alpha value is -1.17. The first-order chi connectivity index (χ1) is 5.59. The summed E-state index contributed by atoms with van der Waals surface area (Å²) in [5.41, 5.74) is -0.157. The summed E-state index contributed by atoms with van der Waals surface area (Å²) in [6.45, 7) is 0. The van der Waals surface area contributed by atoms with E-state index in [-0.39, 0.29) is 17.3 Å². The van der Waals surface area contributed by atoms with Crippen molar-refractivity contribution in [2.45, 2.75) is 5.75 Å². The summed E-state index contributed by atoms with van der Waals surface area (Å²) in [5, 5.41) is 8.43. The van der Waals surface area contributed by atoms with Crippen LogP contribution in [0.25, 0.3) is 0 Å². The molecule has 1 heterocycles. The molecule has 6 heteroatoms. The molecule has 0 radical (unpaired) electrons. The van der Waals surface area contributed by atoms with E-state index in [0.29, 0.717) is 0 Å². The highest BCUT2D eigenvalue weighted by Gasteiger charge is 2.10. The summed E-state index contributed by atoms with van der Waals surface area (Å²) >= 11 is 0. The molecule has 5 nitrogen and oxygen atoms in total. The highest BCUT2D eigenvalue weighted by molar-refractivity contribution is 7.83. The van der Waals surface area contributed by atoms with Gasteiger partial charge in [0.2, 0.25) is 5.89 Å². The van der Waals surface area contributed by atoms with Crippen LogP contribution < -0.4 is 0 Å². The molecule has 0 aliphatic heterocycles. The molecule has 0 spiro atoms. The first-order valence-electron chi connectivity index (χ1n) is 3.07. The largest absolute Gasteiger partial charge is 0.476 e. The number of hydrogen-bond donors (Lipinski definition) is 1. The van der Waals surface area contributed by atoms with Crippen molar-refractivity contribution in [1.82, 2.24) is 4.98 Å². The SMILES string of the molecule is CS(=O)Cc1nc(C(=O)O)co1. The zero-order valence-electron chi connectivity index (χ0n) is 6.31. The maximum atomic E-state index is 10.7. The Kier molecular flexibility index (Phi) is 2.59. The number of aromatic nitrogens is 1. The number of nitrogens with zero attached hydrogens (tertiary/aromatic N) is 1. The molecule has 1 unspecified atom stereocenters. The van der Waals surface area contributed by atoms with E-state index in [1.807, 2.05) is 0 Å². The molecular weight excluding hydrogens is 182 g/mol. The van der Waals surface area contributed by atoms with Crippen LogP contribution in [0, 0.1) is 0 Å². The summed E-state index contributed by atoms with van der Waals surface area (Å²) in [6, 6.07) is 0. The van der Waals surface area contributed by atoms with Gasteiger partial charge in [0.15, 0.2) is 5.69 Å². The van der Waals surface area contributed by atoms with E-state index < -0.39 is 16.8 Å². The lowest BCUT2D eigenvalue weighted by Gasteiger charge is -1.86. The summed E-state index contributed by atoms with van der Waals surface area (Å²) in [7, 11) is -1.07. The summed E-state index contributed by atoms with van der Waals surface area (Å²) in [6.07, 6.45) is 2.52. The predicted octanol–water partition coefficient (Wildman–Crippen LogP) is 0.251. The third-order valence-corrected chi connectivity index (χ3v) is 1.75. The van der Waals surface area contributed by atoms with Crippen molar-refractivity contribution in [2.24, 2.45) is 0 Å². The lowest BCUT2D eigenvalue weighted by molar-refractivity contribution is 0.0690. The lowest BCUT2D eigenvalue weighted by atomic mass is 10.5. The molecule has 12 heavy (non-hydrogen) atoms. The molecule has 66 valence electrons. The number of rotatable bonds is 3. The average Bonchev–Trinajstić information content (AvgIpc) is 2.34. The highest BCUT2D eigenvalue weighted by Crippen LogP contribution is 2.03. The molecule has 0 saturated carbocycles. The molecule has 0 aliphatic carbocycles. The summed E-state index contributed by atoms with van der Waals surface area (Å²) in [5.74, 6) is -0.812. The topological polar surface area (TPSA) is 80.4 Å². The lowest BCUT2D eigenvalue weighted by Crippen LogP contribution is -1.98. The van der Waals surface area contributed by atoms with Gasteiger partial charge in [-0.05, 0) is 0 Å². The molecule has 0 amide bonds. The van der Waals surface area contributed by atoms with Gasteiger partial charge in [-0.15, -0.1) is 0 Å². The van der Waals surface area contributed by atoms with Crippen LogP contribution in [0.4, 0.5) is 0 Å². The van der Waals surface area contributed by atoms with Crippen LogP contribution in [0.5, 0.6) is 0 Å². The van der Waals surface area contributed by atoms with Crippen molar-refractivity contribution in [3.05, 3.63) is 17.8 Å². The predicted molar refractivity (Wildman–Crippen MR) is 41.2 cm³/mol. The Bertz CT molecular complexity index is 319. The summed E-state index contributed by atoms with van der Waals surface area (Å²) < 4.78 is 15.4. The second-order valence-corrected chi connectivity index (χ2v) is 3.58. The van der Waals surface area contributed by atoms with E-state index in [1.165, 1.54) is 6.26 Å². The minimum absolute atomic E-state index is 0.146. The Labute approximate surface area is 70.9 Å². The van der Waals surface area contributed by atoms with Gasteiger partial charge in [0.1, 0.15) is 6.26 Å². The molecule has 1 aromatic rings. The molecule has 0 aromatic carbocycles. The van der Waals surface area contributed by atoms with Crippen LogP contribution in [0.2, 0.25) is 0 Å². The first-order valence-corrected chi connectivity index (χ1v) is 4.80. The van der Waals surface area contributed by atoms with Crippen molar-refractivity contribution >= 4 is 16.8 Å². The highest BCUT2D eigenvalue weighted by atomic mass is 32.2. The van der Waals surface area contributed by atoms with Crippen LogP contribution in [0.1, 0.15) is 16.4 Å². The second kappa shape index (κ2) is 3.48. The van der Waals surface area contributed by atoms with Gasteiger partial charge in [0.25, 0.3) is 0 Å². The van der Waals surface area contributed by atoms with Gasteiger partial charge >= 0.3 is 5.97 Å². The normalized spacial score (nSPS) is 12.8. The van der Waals surface area contributed by atoms with Gasteiger partial charge in [-0.1, -0.05) is 0 Å². The Morgan fingerprint density at radius 2 is 2.50 bits per heavy atom. The van der Waals surface area contributed by atoms with Gasteiger partial charge in [-0.3, -0.25) is 4.21 Å². The minimum Gasteiger partial charge on any atom is -0.476 e. The average molecular weight is 189 g/mol. The van der Waals surface area contributed by atoms with E-state index in [2.05, 4.69) is 4.98 Å². The number of aromatic carboxylic acids is 1. The van der Waals surface area contributed by atoms with Gasteiger partial charge in [-0.2, -0.15) is 0 Å². The smallest absolute Gasteiger partial charge is 0.357 e. The monoisotopic (exact) mass is 189 g/mol. The number of carboxylic acids is 1. The molecule has 1 rings (SSSR count). The van der Waals surface area contributed by atoms with Crippen molar-refractivity contribution in [3.63, 3.8) is 0 Å². The van der Waals surface area contributed by atoms with Crippen LogP contribution in [-0.4, -0.2) is 26.5 Å². The molecule has 1 atom stereocenters.